The molecule has 0 unspecified atom stereocenters. The molecule has 0 aliphatic carbocycles. The van der Waals surface area contributed by atoms with Gasteiger partial charge in [0, 0.05) is 31.3 Å². The van der Waals surface area contributed by atoms with Crippen molar-refractivity contribution < 1.29 is 14.3 Å². The normalized spacial score (nSPS) is 27.8. The van der Waals surface area contributed by atoms with E-state index in [1.807, 2.05) is 24.9 Å². The van der Waals surface area contributed by atoms with Crippen molar-refractivity contribution >= 4 is 11.9 Å². The van der Waals surface area contributed by atoms with Gasteiger partial charge in [-0.25, -0.2) is 9.97 Å². The fraction of sp³-hybridized carbons (Fsp3) is 0.684. The van der Waals surface area contributed by atoms with Crippen LogP contribution in [-0.4, -0.2) is 45.4 Å². The summed E-state index contributed by atoms with van der Waals surface area (Å²) < 4.78 is 5.31. The standard InChI is InChI=1S/C19H26N4O3/c1-19(2)13(9-16(24)26-19)18(25)23-8-6-14-12(11-23)10-21-17(22-14)15-5-3-4-7-20-15/h10,13,15,20H,3-9,11H2,1-2H3/t13-,15+/m0/s1. The topological polar surface area (TPSA) is 84.4 Å². The predicted octanol–water partition coefficient (Wildman–Crippen LogP) is 1.52. The molecule has 0 radical (unpaired) electrons. The quantitative estimate of drug-likeness (QED) is 0.807. The van der Waals surface area contributed by atoms with Gasteiger partial charge >= 0.3 is 5.97 Å². The summed E-state index contributed by atoms with van der Waals surface area (Å²) in [4.78, 5) is 35.7. The van der Waals surface area contributed by atoms with Crippen molar-refractivity contribution in [3.8, 4) is 0 Å². The highest BCUT2D eigenvalue weighted by atomic mass is 16.6. The van der Waals surface area contributed by atoms with Crippen molar-refractivity contribution in [1.82, 2.24) is 20.2 Å². The number of hydrogen-bond donors (Lipinski definition) is 1. The summed E-state index contributed by atoms with van der Waals surface area (Å²) in [6.45, 7) is 5.77. The average Bonchev–Trinajstić information content (AvgIpc) is 2.93. The van der Waals surface area contributed by atoms with Crippen LogP contribution in [0.1, 0.15) is 62.7 Å². The summed E-state index contributed by atoms with van der Waals surface area (Å²) in [7, 11) is 0. The number of fused-ring (bicyclic) bond motifs is 1. The number of esters is 1. The molecule has 4 rings (SSSR count). The zero-order valence-corrected chi connectivity index (χ0v) is 15.5. The summed E-state index contributed by atoms with van der Waals surface area (Å²) in [6, 6.07) is 0.246. The molecule has 0 bridgehead atoms. The minimum absolute atomic E-state index is 0.00970. The number of hydrogen-bond acceptors (Lipinski definition) is 6. The highest BCUT2D eigenvalue weighted by Gasteiger charge is 2.47. The Morgan fingerprint density at radius 2 is 2.23 bits per heavy atom. The van der Waals surface area contributed by atoms with E-state index in [1.54, 1.807) is 0 Å². The van der Waals surface area contributed by atoms with E-state index in [-0.39, 0.29) is 24.3 Å². The van der Waals surface area contributed by atoms with Crippen LogP contribution < -0.4 is 5.32 Å². The second kappa shape index (κ2) is 6.61. The molecule has 1 amide bonds. The molecule has 140 valence electrons. The van der Waals surface area contributed by atoms with E-state index in [4.69, 9.17) is 9.72 Å². The Morgan fingerprint density at radius 1 is 1.38 bits per heavy atom. The molecule has 2 fully saturated rings. The van der Waals surface area contributed by atoms with Crippen molar-refractivity contribution in [3.63, 3.8) is 0 Å². The van der Waals surface area contributed by atoms with E-state index in [0.717, 1.165) is 36.5 Å². The van der Waals surface area contributed by atoms with Crippen LogP contribution in [0.3, 0.4) is 0 Å². The number of aromatic nitrogens is 2. The van der Waals surface area contributed by atoms with Gasteiger partial charge in [0.2, 0.25) is 5.91 Å². The van der Waals surface area contributed by atoms with Gasteiger partial charge in [0.25, 0.3) is 0 Å². The maximum absolute atomic E-state index is 12.9. The van der Waals surface area contributed by atoms with E-state index in [2.05, 4.69) is 10.3 Å². The van der Waals surface area contributed by atoms with Crippen molar-refractivity contribution in [2.75, 3.05) is 13.1 Å². The number of carbonyl (C=O) groups is 2. The molecule has 2 atom stereocenters. The van der Waals surface area contributed by atoms with Crippen LogP contribution >= 0.6 is 0 Å². The lowest BCUT2D eigenvalue weighted by Gasteiger charge is -2.33. The second-order valence-corrected chi connectivity index (χ2v) is 8.05. The summed E-state index contributed by atoms with van der Waals surface area (Å²) in [5.74, 6) is 0.158. The number of rotatable bonds is 2. The first kappa shape index (κ1) is 17.4. The average molecular weight is 358 g/mol. The van der Waals surface area contributed by atoms with Gasteiger partial charge in [-0.05, 0) is 33.2 Å². The Bertz CT molecular complexity index is 727. The van der Waals surface area contributed by atoms with Crippen LogP contribution in [0.4, 0.5) is 0 Å². The molecule has 2 saturated heterocycles. The van der Waals surface area contributed by atoms with Crippen molar-refractivity contribution in [3.05, 3.63) is 23.3 Å². The third-order valence-corrected chi connectivity index (χ3v) is 5.77. The Labute approximate surface area is 153 Å². The van der Waals surface area contributed by atoms with Gasteiger partial charge in [-0.15, -0.1) is 0 Å². The molecular formula is C19H26N4O3. The minimum atomic E-state index is -0.735. The Hall–Kier alpha value is -2.02. The first-order chi connectivity index (χ1) is 12.4. The van der Waals surface area contributed by atoms with Gasteiger partial charge in [0.05, 0.1) is 24.1 Å². The van der Waals surface area contributed by atoms with Crippen LogP contribution in [0, 0.1) is 5.92 Å². The second-order valence-electron chi connectivity index (χ2n) is 8.05. The molecule has 7 nitrogen and oxygen atoms in total. The molecule has 7 heteroatoms. The fourth-order valence-corrected chi connectivity index (χ4v) is 4.18. The Kier molecular flexibility index (Phi) is 4.42. The monoisotopic (exact) mass is 358 g/mol. The van der Waals surface area contributed by atoms with Crippen molar-refractivity contribution in [1.29, 1.82) is 0 Å². The Morgan fingerprint density at radius 3 is 2.92 bits per heavy atom. The zero-order valence-electron chi connectivity index (χ0n) is 15.5. The van der Waals surface area contributed by atoms with Crippen LogP contribution in [0.5, 0.6) is 0 Å². The number of ether oxygens (including phenoxy) is 1. The summed E-state index contributed by atoms with van der Waals surface area (Å²) in [6.07, 6.45) is 6.26. The van der Waals surface area contributed by atoms with E-state index in [1.165, 1.54) is 12.8 Å². The number of piperidine rings is 1. The van der Waals surface area contributed by atoms with Crippen molar-refractivity contribution in [2.24, 2.45) is 5.92 Å². The van der Waals surface area contributed by atoms with E-state index >= 15 is 0 Å². The first-order valence-corrected chi connectivity index (χ1v) is 9.53. The molecule has 0 spiro atoms. The number of nitrogens with one attached hydrogen (secondary N) is 1. The maximum atomic E-state index is 12.9. The van der Waals surface area contributed by atoms with Crippen LogP contribution in [0.25, 0.3) is 0 Å². The lowest BCUT2D eigenvalue weighted by Crippen LogP contribution is -2.45. The predicted molar refractivity (Wildman–Crippen MR) is 94.0 cm³/mol. The smallest absolute Gasteiger partial charge is 0.307 e. The molecule has 3 aliphatic rings. The van der Waals surface area contributed by atoms with Gasteiger partial charge in [0.15, 0.2) is 0 Å². The summed E-state index contributed by atoms with van der Waals surface area (Å²) >= 11 is 0. The number of carbonyl (C=O) groups excluding carboxylic acids is 2. The summed E-state index contributed by atoms with van der Waals surface area (Å²) in [5, 5.41) is 3.48. The van der Waals surface area contributed by atoms with Crippen LogP contribution in [0.2, 0.25) is 0 Å². The molecule has 26 heavy (non-hydrogen) atoms. The largest absolute Gasteiger partial charge is 0.459 e. The van der Waals surface area contributed by atoms with Gasteiger partial charge in [-0.3, -0.25) is 9.59 Å². The van der Waals surface area contributed by atoms with E-state index in [9.17, 15) is 9.59 Å². The van der Waals surface area contributed by atoms with Crippen molar-refractivity contribution in [2.45, 2.75) is 64.1 Å². The van der Waals surface area contributed by atoms with Gasteiger partial charge in [-0.2, -0.15) is 0 Å². The third kappa shape index (κ3) is 3.20. The molecule has 0 saturated carbocycles. The zero-order chi connectivity index (χ0) is 18.3. The van der Waals surface area contributed by atoms with Crippen LogP contribution in [0.15, 0.2) is 6.20 Å². The molecule has 1 aromatic rings. The highest BCUT2D eigenvalue weighted by molar-refractivity contribution is 5.87. The molecule has 1 N–H and O–H groups in total. The lowest BCUT2D eigenvalue weighted by atomic mass is 9.89. The highest BCUT2D eigenvalue weighted by Crippen LogP contribution is 2.35. The lowest BCUT2D eigenvalue weighted by molar-refractivity contribution is -0.149. The minimum Gasteiger partial charge on any atom is -0.459 e. The fourth-order valence-electron chi connectivity index (χ4n) is 4.18. The summed E-state index contributed by atoms with van der Waals surface area (Å²) in [5.41, 5.74) is 1.32. The number of amides is 1. The molecule has 4 heterocycles. The van der Waals surface area contributed by atoms with E-state index < -0.39 is 11.5 Å². The molecule has 1 aromatic heterocycles. The van der Waals surface area contributed by atoms with E-state index in [0.29, 0.717) is 13.1 Å². The van der Waals surface area contributed by atoms with Gasteiger partial charge < -0.3 is 15.0 Å². The number of nitrogens with zero attached hydrogens (tertiary/aromatic N) is 3. The van der Waals surface area contributed by atoms with Crippen LogP contribution in [-0.2, 0) is 27.3 Å². The maximum Gasteiger partial charge on any atom is 0.307 e. The number of cyclic esters (lactones) is 1. The Balaban J connectivity index is 1.48. The molecule has 0 aromatic carbocycles. The third-order valence-electron chi connectivity index (χ3n) is 5.77. The molecule has 3 aliphatic heterocycles. The van der Waals surface area contributed by atoms with Gasteiger partial charge in [0.1, 0.15) is 11.4 Å². The van der Waals surface area contributed by atoms with Gasteiger partial charge in [-0.1, -0.05) is 6.42 Å². The SMILES string of the molecule is CC1(C)OC(=O)C[C@H]1C(=O)N1CCc2nc([C@H]3CCCCN3)ncc2C1. The molecular weight excluding hydrogens is 332 g/mol. The first-order valence-electron chi connectivity index (χ1n) is 9.53.